The van der Waals surface area contributed by atoms with Gasteiger partial charge in [-0.3, -0.25) is 4.79 Å². The van der Waals surface area contributed by atoms with Gasteiger partial charge in [0.1, 0.15) is 110 Å². The second kappa shape index (κ2) is 24.1. The van der Waals surface area contributed by atoms with Gasteiger partial charge in [0.2, 0.25) is 0 Å². The summed E-state index contributed by atoms with van der Waals surface area (Å²) in [6.07, 6.45) is -30.3. The van der Waals surface area contributed by atoms with Crippen molar-refractivity contribution in [2.75, 3.05) is 33.0 Å². The van der Waals surface area contributed by atoms with Gasteiger partial charge in [-0.1, -0.05) is 60.1 Å². The predicted molar refractivity (Wildman–Crippen MR) is 284 cm³/mol. The molecule has 10 aliphatic rings. The highest BCUT2D eigenvalue weighted by Gasteiger charge is 2.70. The molecule has 0 spiro atoms. The minimum atomic E-state index is -2.02. The van der Waals surface area contributed by atoms with Crippen LogP contribution >= 0.6 is 0 Å². The molecule has 26 nitrogen and oxygen atoms in total. The molecule has 26 heteroatoms. The molecule has 5 aliphatic carbocycles. The molecule has 5 heterocycles. The molecular formula is C58H94O26. The predicted octanol–water partition coefficient (Wildman–Crippen LogP) is -2.37. The smallest absolute Gasteiger partial charge is 0.310 e. The van der Waals surface area contributed by atoms with Gasteiger partial charge in [0.05, 0.1) is 44.6 Å². The Hall–Kier alpha value is -1.75. The fraction of sp³-hybridized carbons (Fsp3) is 0.948. The van der Waals surface area contributed by atoms with Gasteiger partial charge < -0.3 is 124 Å². The summed E-state index contributed by atoms with van der Waals surface area (Å²) in [6, 6.07) is 0. The van der Waals surface area contributed by atoms with Crippen molar-refractivity contribution in [2.24, 2.45) is 50.2 Å². The Morgan fingerprint density at radius 3 is 1.71 bits per heavy atom. The molecule has 5 aliphatic heterocycles. The molecule has 0 aromatic carbocycles. The summed E-state index contributed by atoms with van der Waals surface area (Å²) in [6.45, 7) is 13.0. The third kappa shape index (κ3) is 11.1. The van der Waals surface area contributed by atoms with Crippen LogP contribution in [0, 0.1) is 50.2 Å². The lowest BCUT2D eigenvalue weighted by molar-refractivity contribution is -0.386. The molecule has 0 radical (unpaired) electrons. The van der Waals surface area contributed by atoms with Crippen molar-refractivity contribution >= 4 is 5.97 Å². The van der Waals surface area contributed by atoms with Gasteiger partial charge in [0, 0.05) is 0 Å². The van der Waals surface area contributed by atoms with Gasteiger partial charge in [0.15, 0.2) is 31.5 Å². The number of carboxylic acids is 1. The van der Waals surface area contributed by atoms with Crippen LogP contribution in [-0.4, -0.2) is 263 Å². The SMILES string of the molecule is CC1(C)CCC2(C(=O)O)CCC3(C)C(=CCC4C5(C)CCC(OC6OCC(O)C(O)C6OC6OC(COC7OC(COC8OC(CO)C(O)C(O)C8O)C(O)C(O)C7O)C(O)C(OC7OCC(O)C(O)C7O)C6O)C(C)(C)C5CCC43C)C2C1. The monoisotopic (exact) mass is 1210 g/mol. The van der Waals surface area contributed by atoms with Gasteiger partial charge in [0.25, 0.3) is 0 Å². The fourth-order valence-electron chi connectivity index (χ4n) is 17.3. The lowest BCUT2D eigenvalue weighted by Gasteiger charge is -2.71. The summed E-state index contributed by atoms with van der Waals surface area (Å²) in [7, 11) is 0. The number of aliphatic hydroxyl groups excluding tert-OH is 14. The van der Waals surface area contributed by atoms with E-state index in [0.717, 1.165) is 44.9 Å². The maximum atomic E-state index is 13.2. The van der Waals surface area contributed by atoms with Crippen LogP contribution in [0.25, 0.3) is 0 Å². The second-order valence-electron chi connectivity index (χ2n) is 28.3. The highest BCUT2D eigenvalue weighted by molar-refractivity contribution is 5.76. The number of carbonyl (C=O) groups is 1. The maximum absolute atomic E-state index is 13.2. The highest BCUT2D eigenvalue weighted by Crippen LogP contribution is 2.76. The summed E-state index contributed by atoms with van der Waals surface area (Å²) in [5.74, 6) is -0.292. The number of carboxylic acid groups (broad SMARTS) is 1. The number of fused-ring (bicyclic) bond motifs is 7. The first kappa shape index (κ1) is 65.2. The zero-order valence-electron chi connectivity index (χ0n) is 49.0. The van der Waals surface area contributed by atoms with E-state index in [-0.39, 0.29) is 46.0 Å². The Morgan fingerprint density at radius 2 is 1.08 bits per heavy atom. The summed E-state index contributed by atoms with van der Waals surface area (Å²) in [5, 5.41) is 163. The van der Waals surface area contributed by atoms with Crippen molar-refractivity contribution in [3.05, 3.63) is 11.6 Å². The molecule has 0 aromatic heterocycles. The summed E-state index contributed by atoms with van der Waals surface area (Å²) in [4.78, 5) is 13.2. The van der Waals surface area contributed by atoms with Crippen molar-refractivity contribution in [1.29, 1.82) is 0 Å². The molecule has 9 fully saturated rings. The Labute approximate surface area is 488 Å². The highest BCUT2D eigenvalue weighted by atomic mass is 16.8. The van der Waals surface area contributed by atoms with Crippen LogP contribution in [0.15, 0.2) is 11.6 Å². The lowest BCUT2D eigenvalue weighted by Crippen LogP contribution is -2.67. The van der Waals surface area contributed by atoms with Gasteiger partial charge in [-0.2, -0.15) is 0 Å². The normalized spacial score (nSPS) is 53.8. The Balaban J connectivity index is 0.858. The van der Waals surface area contributed by atoms with Gasteiger partial charge in [-0.15, -0.1) is 0 Å². The van der Waals surface area contributed by atoms with Crippen molar-refractivity contribution in [1.82, 2.24) is 0 Å². The number of aliphatic hydroxyl groups is 14. The van der Waals surface area contributed by atoms with E-state index in [4.69, 9.17) is 47.4 Å². The van der Waals surface area contributed by atoms with Crippen LogP contribution in [0.4, 0.5) is 0 Å². The van der Waals surface area contributed by atoms with Crippen molar-refractivity contribution in [3.63, 3.8) is 0 Å². The molecule has 31 unspecified atom stereocenters. The number of hydrogen-bond donors (Lipinski definition) is 15. The van der Waals surface area contributed by atoms with Crippen molar-refractivity contribution in [2.45, 2.75) is 260 Å². The van der Waals surface area contributed by atoms with Crippen LogP contribution in [-0.2, 0) is 52.2 Å². The fourth-order valence-corrected chi connectivity index (χ4v) is 17.3. The first-order chi connectivity index (χ1) is 39.3. The maximum Gasteiger partial charge on any atom is 0.310 e. The molecule has 0 aromatic rings. The summed E-state index contributed by atoms with van der Waals surface area (Å²) < 4.78 is 59.5. The molecule has 482 valence electrons. The Kier molecular flexibility index (Phi) is 18.7. The first-order valence-electron chi connectivity index (χ1n) is 30.1. The van der Waals surface area contributed by atoms with Crippen LogP contribution in [0.3, 0.4) is 0 Å². The van der Waals surface area contributed by atoms with E-state index in [1.165, 1.54) is 5.57 Å². The van der Waals surface area contributed by atoms with E-state index in [0.29, 0.717) is 19.3 Å². The molecule has 0 amide bonds. The minimum Gasteiger partial charge on any atom is -0.481 e. The van der Waals surface area contributed by atoms with Gasteiger partial charge >= 0.3 is 5.97 Å². The van der Waals surface area contributed by atoms with Crippen molar-refractivity contribution < 1.29 is 129 Å². The Bertz CT molecular complexity index is 2330. The molecule has 31 atom stereocenters. The number of ether oxygens (including phenoxy) is 10. The third-order valence-electron chi connectivity index (χ3n) is 22.8. The standard InChI is InChI=1S/C58H94O26/c1-53(2)14-16-58(52(73)74)17-15-56(6)24(25(58)18-53)8-9-32-55(5)12-11-33(54(3,4)31(55)10-13-57(32,56)7)82-51-46(35(63)27(61)21-76-51)84-50-44(72)45(83-49-41(69)34(62)26(60)20-75-49)38(66)30(81-50)23-78-48-43(71)40(68)37(65)29(80-48)22-77-47-42(70)39(67)36(64)28(19-59)79-47/h8,25-51,59-72H,9-23H2,1-7H3,(H,73,74). The summed E-state index contributed by atoms with van der Waals surface area (Å²) in [5.41, 5.74) is -0.376. The van der Waals surface area contributed by atoms with Crippen LogP contribution in [0.1, 0.15) is 113 Å². The summed E-state index contributed by atoms with van der Waals surface area (Å²) >= 11 is 0. The topological polar surface area (TPSA) is 413 Å². The molecular weight excluding hydrogens is 1110 g/mol. The van der Waals surface area contributed by atoms with Crippen LogP contribution < -0.4 is 0 Å². The van der Waals surface area contributed by atoms with Gasteiger partial charge in [-0.25, -0.2) is 0 Å². The van der Waals surface area contributed by atoms with E-state index < -0.39 is 191 Å². The van der Waals surface area contributed by atoms with E-state index >= 15 is 0 Å². The van der Waals surface area contributed by atoms with E-state index in [1.54, 1.807) is 0 Å². The lowest BCUT2D eigenvalue weighted by atomic mass is 9.33. The van der Waals surface area contributed by atoms with E-state index in [9.17, 15) is 81.4 Å². The molecule has 5 saturated heterocycles. The van der Waals surface area contributed by atoms with Crippen LogP contribution in [0.5, 0.6) is 0 Å². The zero-order valence-corrected chi connectivity index (χ0v) is 49.0. The molecule has 15 N–H and O–H groups in total. The average molecular weight is 1210 g/mol. The third-order valence-corrected chi connectivity index (χ3v) is 22.8. The quantitative estimate of drug-likeness (QED) is 0.0639. The molecule has 4 saturated carbocycles. The van der Waals surface area contributed by atoms with Gasteiger partial charge in [-0.05, 0) is 109 Å². The van der Waals surface area contributed by atoms with E-state index in [2.05, 4.69) is 54.5 Å². The number of hydrogen-bond acceptors (Lipinski definition) is 25. The number of allylic oxidation sites excluding steroid dienone is 2. The molecule has 0 bridgehead atoms. The number of rotatable bonds is 14. The Morgan fingerprint density at radius 1 is 0.536 bits per heavy atom. The zero-order chi connectivity index (χ0) is 61.1. The largest absolute Gasteiger partial charge is 0.481 e. The minimum absolute atomic E-state index is 0.0260. The molecule has 84 heavy (non-hydrogen) atoms. The van der Waals surface area contributed by atoms with Crippen molar-refractivity contribution in [3.8, 4) is 0 Å². The van der Waals surface area contributed by atoms with Crippen LogP contribution in [0.2, 0.25) is 0 Å². The first-order valence-corrected chi connectivity index (χ1v) is 30.1. The average Bonchev–Trinajstić information content (AvgIpc) is 0.687. The van der Waals surface area contributed by atoms with E-state index in [1.807, 2.05) is 0 Å². The molecule has 10 rings (SSSR count). The number of aliphatic carboxylic acids is 1. The second-order valence-corrected chi connectivity index (χ2v) is 28.3.